The lowest BCUT2D eigenvalue weighted by Gasteiger charge is -2.22. The molecule has 0 N–H and O–H groups in total. The fourth-order valence-corrected chi connectivity index (χ4v) is 4.06. The Labute approximate surface area is 175 Å². The zero-order chi connectivity index (χ0) is 20.5. The van der Waals surface area contributed by atoms with Crippen molar-refractivity contribution >= 4 is 0 Å². The third-order valence-electron chi connectivity index (χ3n) is 5.70. The van der Waals surface area contributed by atoms with E-state index in [4.69, 9.17) is 9.47 Å². The molecule has 0 amide bonds. The maximum Gasteiger partial charge on any atom is 0.168 e. The van der Waals surface area contributed by atoms with Crippen LogP contribution in [0.15, 0.2) is 30.3 Å². The van der Waals surface area contributed by atoms with E-state index in [1.165, 1.54) is 37.7 Å². The molecular weight excluding hydrogens is 363 g/mol. The van der Waals surface area contributed by atoms with Gasteiger partial charge in [0.15, 0.2) is 11.6 Å². The van der Waals surface area contributed by atoms with Crippen LogP contribution in [0.5, 0.6) is 11.5 Å². The minimum Gasteiger partial charge on any atom is -0.494 e. The first kappa shape index (κ1) is 21.7. The zero-order valence-electron chi connectivity index (χ0n) is 18.1. The fourth-order valence-electron chi connectivity index (χ4n) is 4.06. The average molecular weight is 399 g/mol. The van der Waals surface area contributed by atoms with E-state index < -0.39 is 0 Å². The van der Waals surface area contributed by atoms with Crippen molar-refractivity contribution in [2.24, 2.45) is 0 Å². The molecule has 0 bridgehead atoms. The van der Waals surface area contributed by atoms with Crippen LogP contribution < -0.4 is 9.47 Å². The molecule has 3 rings (SSSR count). The van der Waals surface area contributed by atoms with Gasteiger partial charge in [-0.1, -0.05) is 64.5 Å². The van der Waals surface area contributed by atoms with E-state index in [1.54, 1.807) is 6.07 Å². The van der Waals surface area contributed by atoms with E-state index in [1.807, 2.05) is 12.1 Å². The van der Waals surface area contributed by atoms with Crippen molar-refractivity contribution in [3.05, 3.63) is 47.3 Å². The molecule has 0 unspecified atom stereocenters. The molecule has 2 aromatic rings. The molecule has 158 valence electrons. The first-order chi connectivity index (χ1) is 14.2. The normalized spacial score (nSPS) is 12.4. The Morgan fingerprint density at radius 1 is 0.759 bits per heavy atom. The number of fused-ring (bicyclic) bond motifs is 3. The highest BCUT2D eigenvalue weighted by atomic mass is 19.1. The third kappa shape index (κ3) is 5.74. The zero-order valence-corrected chi connectivity index (χ0v) is 18.1. The Kier molecular flexibility index (Phi) is 8.39. The number of hydrogen-bond acceptors (Lipinski definition) is 2. The molecule has 1 aliphatic rings. The van der Waals surface area contributed by atoms with Gasteiger partial charge in [-0.05, 0) is 66.1 Å². The summed E-state index contributed by atoms with van der Waals surface area (Å²) < 4.78 is 26.6. The molecule has 1 aliphatic carbocycles. The number of ether oxygens (including phenoxy) is 2. The summed E-state index contributed by atoms with van der Waals surface area (Å²) in [7, 11) is 0. The van der Waals surface area contributed by atoms with E-state index in [-0.39, 0.29) is 5.82 Å². The van der Waals surface area contributed by atoms with Gasteiger partial charge in [0, 0.05) is 0 Å². The summed E-state index contributed by atoms with van der Waals surface area (Å²) in [5, 5.41) is 0. The van der Waals surface area contributed by atoms with Gasteiger partial charge < -0.3 is 9.47 Å². The van der Waals surface area contributed by atoms with Crippen LogP contribution in [-0.2, 0) is 12.8 Å². The van der Waals surface area contributed by atoms with Gasteiger partial charge in [0.05, 0.1) is 13.2 Å². The van der Waals surface area contributed by atoms with Crippen molar-refractivity contribution in [2.45, 2.75) is 78.1 Å². The lowest BCUT2D eigenvalue weighted by atomic mass is 9.85. The third-order valence-corrected chi connectivity index (χ3v) is 5.70. The lowest BCUT2D eigenvalue weighted by molar-refractivity contribution is 0.289. The van der Waals surface area contributed by atoms with Gasteiger partial charge >= 0.3 is 0 Å². The Morgan fingerprint density at radius 2 is 1.52 bits per heavy atom. The second-order valence-corrected chi connectivity index (χ2v) is 8.04. The molecule has 29 heavy (non-hydrogen) atoms. The summed E-state index contributed by atoms with van der Waals surface area (Å²) in [6.45, 7) is 5.66. The first-order valence-corrected chi connectivity index (χ1v) is 11.4. The van der Waals surface area contributed by atoms with Crippen molar-refractivity contribution in [3.63, 3.8) is 0 Å². The highest BCUT2D eigenvalue weighted by Crippen LogP contribution is 2.39. The summed E-state index contributed by atoms with van der Waals surface area (Å²) in [6, 6.07) is 9.98. The molecule has 3 heteroatoms. The molecule has 2 aromatic carbocycles. The summed E-state index contributed by atoms with van der Waals surface area (Å²) in [5.74, 6) is 1.13. The molecule has 0 aromatic heterocycles. The van der Waals surface area contributed by atoms with Crippen molar-refractivity contribution < 1.29 is 13.9 Å². The van der Waals surface area contributed by atoms with Crippen LogP contribution in [0.3, 0.4) is 0 Å². The standard InChI is InChI=1S/C26H35FO2/c1-3-5-6-7-8-9-10-18-29-25-16-15-23-22-14-12-21(28-17-4-2)19-20(22)11-13-24(23)26(25)27/h12,14-16,19H,3-11,13,17-18H2,1-2H3. The lowest BCUT2D eigenvalue weighted by Crippen LogP contribution is -2.09. The van der Waals surface area contributed by atoms with Gasteiger partial charge in [-0.15, -0.1) is 0 Å². The van der Waals surface area contributed by atoms with E-state index in [0.29, 0.717) is 18.8 Å². The van der Waals surface area contributed by atoms with Crippen LogP contribution in [0.25, 0.3) is 11.1 Å². The molecule has 0 radical (unpaired) electrons. The maximum absolute atomic E-state index is 15.1. The smallest absolute Gasteiger partial charge is 0.168 e. The Bertz CT molecular complexity index is 785. The van der Waals surface area contributed by atoms with Gasteiger partial charge in [0.25, 0.3) is 0 Å². The second kappa shape index (κ2) is 11.2. The highest BCUT2D eigenvalue weighted by molar-refractivity contribution is 5.75. The Balaban J connectivity index is 1.58. The van der Waals surface area contributed by atoms with E-state index in [0.717, 1.165) is 54.7 Å². The van der Waals surface area contributed by atoms with Gasteiger partial charge in [-0.25, -0.2) is 4.39 Å². The van der Waals surface area contributed by atoms with Crippen LogP contribution >= 0.6 is 0 Å². The molecule has 0 atom stereocenters. The number of unbranched alkanes of at least 4 members (excludes halogenated alkanes) is 6. The summed E-state index contributed by atoms with van der Waals surface area (Å²) in [4.78, 5) is 0. The van der Waals surface area contributed by atoms with Gasteiger partial charge in [0.2, 0.25) is 0 Å². The summed E-state index contributed by atoms with van der Waals surface area (Å²) in [6.07, 6.45) is 11.2. The monoisotopic (exact) mass is 398 g/mol. The molecule has 2 nitrogen and oxygen atoms in total. The first-order valence-electron chi connectivity index (χ1n) is 11.4. The van der Waals surface area contributed by atoms with E-state index in [2.05, 4.69) is 26.0 Å². The van der Waals surface area contributed by atoms with Gasteiger partial charge in [0.1, 0.15) is 5.75 Å². The quantitative estimate of drug-likeness (QED) is 0.344. The number of benzene rings is 2. The highest BCUT2D eigenvalue weighted by Gasteiger charge is 2.22. The maximum atomic E-state index is 15.1. The van der Waals surface area contributed by atoms with Crippen molar-refractivity contribution in [3.8, 4) is 22.6 Å². The largest absolute Gasteiger partial charge is 0.494 e. The second-order valence-electron chi connectivity index (χ2n) is 8.04. The van der Waals surface area contributed by atoms with E-state index >= 15 is 4.39 Å². The molecule has 0 fully saturated rings. The van der Waals surface area contributed by atoms with Crippen molar-refractivity contribution in [1.82, 2.24) is 0 Å². The van der Waals surface area contributed by atoms with Crippen LogP contribution in [0, 0.1) is 5.82 Å². The summed E-state index contributed by atoms with van der Waals surface area (Å²) >= 11 is 0. The molecule has 0 aliphatic heterocycles. The summed E-state index contributed by atoms with van der Waals surface area (Å²) in [5.41, 5.74) is 4.14. The Hall–Kier alpha value is -2.03. The SMILES string of the molecule is CCCCCCCCCOc1ccc2c(c1F)CCc1cc(OCCC)ccc1-2. The minimum absolute atomic E-state index is 0.178. The topological polar surface area (TPSA) is 18.5 Å². The molecule has 0 saturated carbocycles. The molecular formula is C26H35FO2. The predicted molar refractivity (Wildman–Crippen MR) is 119 cm³/mol. The molecule has 0 saturated heterocycles. The number of aryl methyl sites for hydroxylation is 1. The van der Waals surface area contributed by atoms with Crippen molar-refractivity contribution in [1.29, 1.82) is 0 Å². The fraction of sp³-hybridized carbons (Fsp3) is 0.538. The average Bonchev–Trinajstić information content (AvgIpc) is 2.75. The van der Waals surface area contributed by atoms with E-state index in [9.17, 15) is 0 Å². The number of rotatable bonds is 12. The van der Waals surface area contributed by atoms with Gasteiger partial charge in [-0.2, -0.15) is 0 Å². The van der Waals surface area contributed by atoms with Gasteiger partial charge in [-0.3, -0.25) is 0 Å². The number of hydrogen-bond donors (Lipinski definition) is 0. The van der Waals surface area contributed by atoms with Crippen LogP contribution in [0.4, 0.5) is 4.39 Å². The number of halogens is 1. The van der Waals surface area contributed by atoms with Crippen molar-refractivity contribution in [2.75, 3.05) is 13.2 Å². The van der Waals surface area contributed by atoms with Crippen LogP contribution in [0.2, 0.25) is 0 Å². The Morgan fingerprint density at radius 3 is 2.31 bits per heavy atom. The minimum atomic E-state index is -0.178. The van der Waals surface area contributed by atoms with Crippen LogP contribution in [0.1, 0.15) is 76.3 Å². The predicted octanol–water partition coefficient (Wildman–Crippen LogP) is 7.51. The molecule has 0 heterocycles. The van der Waals surface area contributed by atoms with Crippen LogP contribution in [-0.4, -0.2) is 13.2 Å². The molecule has 0 spiro atoms.